The van der Waals surface area contributed by atoms with Gasteiger partial charge in [0.1, 0.15) is 18.2 Å². The highest BCUT2D eigenvalue weighted by Gasteiger charge is 2.29. The summed E-state index contributed by atoms with van der Waals surface area (Å²) in [4.78, 5) is 31.4. The van der Waals surface area contributed by atoms with Gasteiger partial charge in [-0.25, -0.2) is 4.39 Å². The predicted molar refractivity (Wildman–Crippen MR) is 127 cm³/mol. The van der Waals surface area contributed by atoms with Crippen LogP contribution in [0.15, 0.2) is 73.1 Å². The highest BCUT2D eigenvalue weighted by Crippen LogP contribution is 2.22. The van der Waals surface area contributed by atoms with Gasteiger partial charge in [-0.3, -0.25) is 14.6 Å². The molecular formula is C27H28FN3O3. The number of benzene rings is 2. The van der Waals surface area contributed by atoms with E-state index in [4.69, 9.17) is 4.74 Å². The molecule has 1 aliphatic rings. The summed E-state index contributed by atoms with van der Waals surface area (Å²) in [7, 11) is 0. The number of rotatable bonds is 7. The van der Waals surface area contributed by atoms with Crippen LogP contribution < -0.4 is 10.1 Å². The van der Waals surface area contributed by atoms with Crippen LogP contribution in [0, 0.1) is 11.7 Å². The zero-order valence-corrected chi connectivity index (χ0v) is 19.1. The molecule has 0 bridgehead atoms. The summed E-state index contributed by atoms with van der Waals surface area (Å²) >= 11 is 0. The van der Waals surface area contributed by atoms with Crippen LogP contribution in [0.1, 0.15) is 47.3 Å². The van der Waals surface area contributed by atoms with Crippen molar-refractivity contribution in [2.45, 2.75) is 32.4 Å². The maximum absolute atomic E-state index is 13.2. The van der Waals surface area contributed by atoms with Crippen molar-refractivity contribution in [3.05, 3.63) is 95.6 Å². The molecule has 0 aliphatic carbocycles. The summed E-state index contributed by atoms with van der Waals surface area (Å²) < 4.78 is 19.0. The molecule has 2 heterocycles. The van der Waals surface area contributed by atoms with Crippen LogP contribution in [-0.4, -0.2) is 34.8 Å². The predicted octanol–water partition coefficient (Wildman–Crippen LogP) is 4.53. The quantitative estimate of drug-likeness (QED) is 0.561. The molecule has 6 nitrogen and oxygen atoms in total. The van der Waals surface area contributed by atoms with E-state index in [1.54, 1.807) is 17.3 Å². The monoisotopic (exact) mass is 461 g/mol. The van der Waals surface area contributed by atoms with Crippen molar-refractivity contribution in [1.82, 2.24) is 15.2 Å². The van der Waals surface area contributed by atoms with Crippen LogP contribution in [0.25, 0.3) is 0 Å². The Morgan fingerprint density at radius 2 is 1.91 bits per heavy atom. The van der Waals surface area contributed by atoms with E-state index >= 15 is 0 Å². The topological polar surface area (TPSA) is 71.5 Å². The van der Waals surface area contributed by atoms with Crippen LogP contribution in [-0.2, 0) is 11.4 Å². The van der Waals surface area contributed by atoms with Crippen LogP contribution in [0.5, 0.6) is 5.75 Å². The summed E-state index contributed by atoms with van der Waals surface area (Å²) in [6.45, 7) is 3.33. The number of nitrogens with one attached hydrogen (secondary N) is 1. The van der Waals surface area contributed by atoms with E-state index in [2.05, 4.69) is 10.3 Å². The first-order chi connectivity index (χ1) is 16.5. The van der Waals surface area contributed by atoms with Crippen molar-refractivity contribution < 1.29 is 18.7 Å². The van der Waals surface area contributed by atoms with Gasteiger partial charge in [-0.15, -0.1) is 0 Å². The molecule has 1 aliphatic heterocycles. The number of ether oxygens (including phenoxy) is 1. The zero-order chi connectivity index (χ0) is 23.9. The van der Waals surface area contributed by atoms with Gasteiger partial charge in [-0.1, -0.05) is 18.2 Å². The highest BCUT2D eigenvalue weighted by atomic mass is 19.1. The number of carbonyl (C=O) groups is 2. The van der Waals surface area contributed by atoms with E-state index in [1.165, 1.54) is 24.3 Å². The summed E-state index contributed by atoms with van der Waals surface area (Å²) in [6, 6.07) is 16.8. The van der Waals surface area contributed by atoms with Crippen LogP contribution in [0.4, 0.5) is 4.39 Å². The Labute approximate surface area is 198 Å². The fourth-order valence-corrected chi connectivity index (χ4v) is 4.07. The first kappa shape index (κ1) is 23.4. The minimum atomic E-state index is -0.380. The number of nitrogens with zero attached hydrogens (tertiary/aromatic N) is 2. The lowest BCUT2D eigenvalue weighted by Gasteiger charge is -2.32. The van der Waals surface area contributed by atoms with Gasteiger partial charge in [0, 0.05) is 36.6 Å². The molecule has 7 heteroatoms. The van der Waals surface area contributed by atoms with E-state index in [1.807, 2.05) is 43.3 Å². The second-order valence-electron chi connectivity index (χ2n) is 8.55. The molecule has 0 radical (unpaired) electrons. The van der Waals surface area contributed by atoms with Gasteiger partial charge in [0.25, 0.3) is 5.91 Å². The summed E-state index contributed by atoms with van der Waals surface area (Å²) in [6.07, 6.45) is 4.98. The lowest BCUT2D eigenvalue weighted by Crippen LogP contribution is -2.45. The normalized spacial score (nSPS) is 16.5. The lowest BCUT2D eigenvalue weighted by molar-refractivity contribution is -0.127. The lowest BCUT2D eigenvalue weighted by atomic mass is 9.95. The number of amides is 2. The maximum atomic E-state index is 13.2. The molecule has 2 aromatic carbocycles. The molecule has 1 saturated heterocycles. The molecule has 4 rings (SSSR count). The van der Waals surface area contributed by atoms with E-state index in [0.29, 0.717) is 25.3 Å². The van der Waals surface area contributed by atoms with Gasteiger partial charge in [0.2, 0.25) is 5.91 Å². The van der Waals surface area contributed by atoms with Gasteiger partial charge in [0.05, 0.1) is 12.0 Å². The van der Waals surface area contributed by atoms with Crippen LogP contribution in [0.2, 0.25) is 0 Å². The molecule has 2 atom stereocenters. The third-order valence-corrected chi connectivity index (χ3v) is 6.04. The Morgan fingerprint density at radius 3 is 2.62 bits per heavy atom. The number of pyridine rings is 1. The Bertz CT molecular complexity index is 1100. The Hall–Kier alpha value is -3.74. The van der Waals surface area contributed by atoms with E-state index < -0.39 is 0 Å². The maximum Gasteiger partial charge on any atom is 0.253 e. The first-order valence-electron chi connectivity index (χ1n) is 11.5. The molecular weight excluding hydrogens is 433 g/mol. The number of likely N-dealkylation sites (tertiary alicyclic amines) is 1. The van der Waals surface area contributed by atoms with E-state index in [0.717, 1.165) is 29.7 Å². The fourth-order valence-electron chi connectivity index (χ4n) is 4.07. The number of hydrogen-bond donors (Lipinski definition) is 1. The van der Waals surface area contributed by atoms with Crippen molar-refractivity contribution >= 4 is 11.8 Å². The van der Waals surface area contributed by atoms with Gasteiger partial charge in [-0.2, -0.15) is 0 Å². The SMILES string of the molecule is CC(NC(=O)C1CCCN(C(=O)c2ccc(F)cc2)C1)c1ccc(OCc2cccnc2)cc1. The highest BCUT2D eigenvalue weighted by molar-refractivity contribution is 5.94. The Balaban J connectivity index is 1.30. The van der Waals surface area contributed by atoms with E-state index in [9.17, 15) is 14.0 Å². The van der Waals surface area contributed by atoms with Crippen molar-refractivity contribution in [3.63, 3.8) is 0 Å². The summed E-state index contributed by atoms with van der Waals surface area (Å²) in [5, 5.41) is 3.07. The molecule has 2 unspecified atom stereocenters. The zero-order valence-electron chi connectivity index (χ0n) is 19.1. The minimum absolute atomic E-state index is 0.0685. The molecule has 0 saturated carbocycles. The largest absolute Gasteiger partial charge is 0.489 e. The third kappa shape index (κ3) is 5.98. The van der Waals surface area contributed by atoms with Gasteiger partial charge in [0.15, 0.2) is 0 Å². The molecule has 3 aromatic rings. The van der Waals surface area contributed by atoms with Crippen molar-refractivity contribution in [2.75, 3.05) is 13.1 Å². The molecule has 1 aromatic heterocycles. The van der Waals surface area contributed by atoms with Gasteiger partial charge >= 0.3 is 0 Å². The Kier molecular flexibility index (Phi) is 7.52. The van der Waals surface area contributed by atoms with Crippen molar-refractivity contribution in [3.8, 4) is 5.75 Å². The number of carbonyl (C=O) groups excluding carboxylic acids is 2. The molecule has 1 N–H and O–H groups in total. The average Bonchev–Trinajstić information content (AvgIpc) is 2.88. The Morgan fingerprint density at radius 1 is 1.15 bits per heavy atom. The fraction of sp³-hybridized carbons (Fsp3) is 0.296. The molecule has 2 amide bonds. The van der Waals surface area contributed by atoms with Crippen molar-refractivity contribution in [2.24, 2.45) is 5.92 Å². The summed E-state index contributed by atoms with van der Waals surface area (Å²) in [5.41, 5.74) is 2.39. The first-order valence-corrected chi connectivity index (χ1v) is 11.5. The van der Waals surface area contributed by atoms with E-state index in [-0.39, 0.29) is 29.6 Å². The minimum Gasteiger partial charge on any atom is -0.489 e. The van der Waals surface area contributed by atoms with Crippen LogP contribution >= 0.6 is 0 Å². The standard InChI is InChI=1S/C27H28FN3O3/c1-19(21-8-12-25(13-9-21)34-18-20-4-2-14-29-16-20)30-26(32)23-5-3-15-31(17-23)27(33)22-6-10-24(28)11-7-22/h2,4,6-14,16,19,23H,3,5,15,17-18H2,1H3,(H,30,32). The number of aromatic nitrogens is 1. The number of piperidine rings is 1. The second-order valence-corrected chi connectivity index (χ2v) is 8.55. The second kappa shape index (κ2) is 10.9. The molecule has 34 heavy (non-hydrogen) atoms. The number of hydrogen-bond acceptors (Lipinski definition) is 4. The summed E-state index contributed by atoms with van der Waals surface area (Å²) in [5.74, 6) is -0.154. The smallest absolute Gasteiger partial charge is 0.253 e. The van der Waals surface area contributed by atoms with Gasteiger partial charge in [-0.05, 0) is 67.8 Å². The third-order valence-electron chi connectivity index (χ3n) is 6.04. The molecule has 176 valence electrons. The van der Waals surface area contributed by atoms with Crippen LogP contribution in [0.3, 0.4) is 0 Å². The molecule has 0 spiro atoms. The molecule has 1 fully saturated rings. The van der Waals surface area contributed by atoms with Crippen molar-refractivity contribution in [1.29, 1.82) is 0 Å². The average molecular weight is 462 g/mol. The van der Waals surface area contributed by atoms with Gasteiger partial charge < -0.3 is 15.0 Å². The number of halogens is 1.